The van der Waals surface area contributed by atoms with E-state index in [1.807, 2.05) is 12.1 Å². The van der Waals surface area contributed by atoms with Crippen molar-refractivity contribution in [3.63, 3.8) is 0 Å². The van der Waals surface area contributed by atoms with Gasteiger partial charge in [0.25, 0.3) is 0 Å². The summed E-state index contributed by atoms with van der Waals surface area (Å²) in [4.78, 5) is 4.40. The topological polar surface area (TPSA) is 18.5 Å². The summed E-state index contributed by atoms with van der Waals surface area (Å²) < 4.78 is 13.6. The third kappa shape index (κ3) is 4.02. The number of piperazine rings is 1. The van der Waals surface area contributed by atoms with Gasteiger partial charge in [0.1, 0.15) is 5.82 Å². The van der Waals surface area contributed by atoms with Gasteiger partial charge in [-0.3, -0.25) is 4.90 Å². The quantitative estimate of drug-likeness (QED) is 0.676. The highest BCUT2D eigenvalue weighted by molar-refractivity contribution is 7.80. The molecule has 1 saturated heterocycles. The minimum absolute atomic E-state index is 0.127. The van der Waals surface area contributed by atoms with Gasteiger partial charge in [-0.25, -0.2) is 4.39 Å². The second-order valence-corrected chi connectivity index (χ2v) is 5.22. The summed E-state index contributed by atoms with van der Waals surface area (Å²) in [6.45, 7) is 8.54. The van der Waals surface area contributed by atoms with Crippen molar-refractivity contribution in [2.24, 2.45) is 0 Å². The maximum atomic E-state index is 13.6. The maximum Gasteiger partial charge on any atom is 0.169 e. The number of nitrogens with one attached hydrogen (secondary N) is 1. The highest BCUT2D eigenvalue weighted by Gasteiger charge is 2.19. The van der Waals surface area contributed by atoms with Crippen molar-refractivity contribution in [3.8, 4) is 0 Å². The van der Waals surface area contributed by atoms with Crippen molar-refractivity contribution < 1.29 is 4.39 Å². The first-order chi connectivity index (χ1) is 9.70. The number of hydrogen-bond acceptors (Lipinski definition) is 2. The summed E-state index contributed by atoms with van der Waals surface area (Å²) >= 11 is 5.32. The summed E-state index contributed by atoms with van der Waals surface area (Å²) in [6, 6.07) is 6.96. The van der Waals surface area contributed by atoms with Crippen LogP contribution in [0.1, 0.15) is 5.56 Å². The minimum Gasteiger partial charge on any atom is -0.359 e. The van der Waals surface area contributed by atoms with Crippen LogP contribution in [0.2, 0.25) is 0 Å². The molecule has 1 aliphatic heterocycles. The van der Waals surface area contributed by atoms with E-state index in [4.69, 9.17) is 12.2 Å². The maximum absolute atomic E-state index is 13.6. The molecule has 3 nitrogen and oxygen atoms in total. The third-order valence-electron chi connectivity index (χ3n) is 3.41. The van der Waals surface area contributed by atoms with Crippen molar-refractivity contribution in [3.05, 3.63) is 48.3 Å². The number of nitrogens with zero attached hydrogens (tertiary/aromatic N) is 2. The van der Waals surface area contributed by atoms with E-state index in [2.05, 4.69) is 21.7 Å². The van der Waals surface area contributed by atoms with Gasteiger partial charge in [0.05, 0.1) is 0 Å². The van der Waals surface area contributed by atoms with Crippen molar-refractivity contribution in [1.29, 1.82) is 0 Å². The SMILES string of the molecule is C=CCNC(=S)N1CCN(Cc2ccccc2F)CC1. The molecule has 108 valence electrons. The lowest BCUT2D eigenvalue weighted by Gasteiger charge is -2.36. The lowest BCUT2D eigenvalue weighted by molar-refractivity contribution is 0.173. The molecule has 0 spiro atoms. The highest BCUT2D eigenvalue weighted by atomic mass is 32.1. The van der Waals surface area contributed by atoms with E-state index in [1.54, 1.807) is 12.1 Å². The summed E-state index contributed by atoms with van der Waals surface area (Å²) in [6.07, 6.45) is 1.79. The summed E-state index contributed by atoms with van der Waals surface area (Å²) in [5.74, 6) is -0.127. The molecule has 1 aromatic carbocycles. The molecule has 1 aromatic rings. The fourth-order valence-corrected chi connectivity index (χ4v) is 2.51. The molecule has 1 heterocycles. The van der Waals surface area contributed by atoms with Crippen LogP contribution in [-0.2, 0) is 6.54 Å². The molecule has 0 atom stereocenters. The van der Waals surface area contributed by atoms with Gasteiger partial charge in [-0.1, -0.05) is 24.3 Å². The lowest BCUT2D eigenvalue weighted by Crippen LogP contribution is -2.51. The Morgan fingerprint density at radius 2 is 2.00 bits per heavy atom. The molecular weight excluding hydrogens is 273 g/mol. The molecule has 0 aliphatic carbocycles. The predicted octanol–water partition coefficient (Wildman–Crippen LogP) is 2.00. The number of halogens is 1. The minimum atomic E-state index is -0.127. The van der Waals surface area contributed by atoms with Crippen LogP contribution in [0.25, 0.3) is 0 Å². The van der Waals surface area contributed by atoms with Crippen LogP contribution < -0.4 is 5.32 Å². The Kier molecular flexibility index (Phi) is 5.49. The number of rotatable bonds is 4. The molecule has 1 fully saturated rings. The van der Waals surface area contributed by atoms with Gasteiger partial charge in [0.15, 0.2) is 5.11 Å². The molecule has 0 radical (unpaired) electrons. The number of benzene rings is 1. The second-order valence-electron chi connectivity index (χ2n) is 4.83. The van der Waals surface area contributed by atoms with Crippen molar-refractivity contribution in [2.45, 2.75) is 6.54 Å². The normalized spacial score (nSPS) is 15.9. The van der Waals surface area contributed by atoms with Crippen LogP contribution in [0.3, 0.4) is 0 Å². The highest BCUT2D eigenvalue weighted by Crippen LogP contribution is 2.12. The van der Waals surface area contributed by atoms with Crippen LogP contribution in [0.4, 0.5) is 4.39 Å². The van der Waals surface area contributed by atoms with Gasteiger partial charge in [0.2, 0.25) is 0 Å². The molecule has 20 heavy (non-hydrogen) atoms. The van der Waals surface area contributed by atoms with Crippen LogP contribution in [0, 0.1) is 5.82 Å². The monoisotopic (exact) mass is 293 g/mol. The summed E-state index contributed by atoms with van der Waals surface area (Å²) in [7, 11) is 0. The molecule has 0 saturated carbocycles. The average Bonchev–Trinajstić information content (AvgIpc) is 2.48. The Bertz CT molecular complexity index is 470. The van der Waals surface area contributed by atoms with Gasteiger partial charge in [-0.15, -0.1) is 6.58 Å². The fourth-order valence-electron chi connectivity index (χ4n) is 2.25. The van der Waals surface area contributed by atoms with Gasteiger partial charge in [-0.2, -0.15) is 0 Å². The first-order valence-electron chi connectivity index (χ1n) is 6.80. The second kappa shape index (κ2) is 7.36. The average molecular weight is 293 g/mol. The Labute approximate surface area is 125 Å². The standard InChI is InChI=1S/C15H20FN3S/c1-2-7-17-15(20)19-10-8-18(9-11-19)12-13-5-3-4-6-14(13)16/h2-6H,1,7-12H2,(H,17,20). The number of thiocarbonyl (C=S) groups is 1. The van der Waals surface area contributed by atoms with E-state index in [0.717, 1.165) is 36.9 Å². The van der Waals surface area contributed by atoms with Gasteiger partial charge >= 0.3 is 0 Å². The van der Waals surface area contributed by atoms with E-state index in [-0.39, 0.29) is 5.82 Å². The van der Waals surface area contributed by atoms with Gasteiger partial charge in [0, 0.05) is 44.8 Å². The molecule has 0 unspecified atom stereocenters. The van der Waals surface area contributed by atoms with Crippen LogP contribution >= 0.6 is 12.2 Å². The molecule has 0 aromatic heterocycles. The van der Waals surface area contributed by atoms with Gasteiger partial charge in [-0.05, 0) is 18.3 Å². The van der Waals surface area contributed by atoms with E-state index in [0.29, 0.717) is 13.1 Å². The Balaban J connectivity index is 1.81. The molecule has 1 aliphatic rings. The van der Waals surface area contributed by atoms with E-state index >= 15 is 0 Å². The first kappa shape index (κ1) is 14.9. The first-order valence-corrected chi connectivity index (χ1v) is 7.21. The molecule has 0 bridgehead atoms. The molecule has 0 amide bonds. The molecule has 2 rings (SSSR count). The number of hydrogen-bond donors (Lipinski definition) is 1. The summed E-state index contributed by atoms with van der Waals surface area (Å²) in [5.41, 5.74) is 0.758. The van der Waals surface area contributed by atoms with E-state index in [9.17, 15) is 4.39 Å². The van der Waals surface area contributed by atoms with Gasteiger partial charge < -0.3 is 10.2 Å². The zero-order chi connectivity index (χ0) is 14.4. The van der Waals surface area contributed by atoms with Crippen molar-refractivity contribution >= 4 is 17.3 Å². The Hall–Kier alpha value is -1.46. The molecule has 5 heteroatoms. The molecular formula is C15H20FN3S. The van der Waals surface area contributed by atoms with Crippen molar-refractivity contribution in [2.75, 3.05) is 32.7 Å². The largest absolute Gasteiger partial charge is 0.359 e. The van der Waals surface area contributed by atoms with Crippen LogP contribution in [0.5, 0.6) is 0 Å². The Morgan fingerprint density at radius 3 is 2.65 bits per heavy atom. The van der Waals surface area contributed by atoms with E-state index < -0.39 is 0 Å². The van der Waals surface area contributed by atoms with Crippen LogP contribution in [-0.4, -0.2) is 47.6 Å². The fraction of sp³-hybridized carbons (Fsp3) is 0.400. The third-order valence-corrected chi connectivity index (χ3v) is 3.81. The zero-order valence-electron chi connectivity index (χ0n) is 11.5. The van der Waals surface area contributed by atoms with Crippen LogP contribution in [0.15, 0.2) is 36.9 Å². The zero-order valence-corrected chi connectivity index (χ0v) is 12.3. The lowest BCUT2D eigenvalue weighted by atomic mass is 10.2. The predicted molar refractivity (Wildman–Crippen MR) is 84.0 cm³/mol. The summed E-state index contributed by atoms with van der Waals surface area (Å²) in [5, 5.41) is 3.91. The van der Waals surface area contributed by atoms with E-state index in [1.165, 1.54) is 6.07 Å². The Morgan fingerprint density at radius 1 is 1.30 bits per heavy atom. The van der Waals surface area contributed by atoms with Crippen molar-refractivity contribution in [1.82, 2.24) is 15.1 Å². The molecule has 1 N–H and O–H groups in total. The smallest absolute Gasteiger partial charge is 0.169 e.